The fourth-order valence-corrected chi connectivity index (χ4v) is 8.35. The average molecular weight is 779 g/mol. The molecule has 0 N–H and O–H groups in total. The van der Waals surface area contributed by atoms with Crippen molar-refractivity contribution in [2.75, 3.05) is 6.61 Å². The third-order valence-electron chi connectivity index (χ3n) is 7.47. The molecule has 0 spiro atoms. The monoisotopic (exact) mass is 775 g/mol. The maximum atomic E-state index is 6.69. The maximum Gasteiger partial charge on any atom is 0.145 e. The van der Waals surface area contributed by atoms with Crippen LogP contribution < -0.4 is 0 Å². The van der Waals surface area contributed by atoms with Crippen molar-refractivity contribution in [3.05, 3.63) is 125 Å². The Bertz CT molecular complexity index is 1860. The smallest absolute Gasteiger partial charge is 0.145 e. The van der Waals surface area contributed by atoms with E-state index < -0.39 is 12.2 Å². The number of nitrogens with zero attached hydrogens (tertiary/aromatic N) is 3. The lowest BCUT2D eigenvalue weighted by Gasteiger charge is -2.27. The van der Waals surface area contributed by atoms with Gasteiger partial charge in [0.1, 0.15) is 34.7 Å². The number of benzene rings is 3. The molecule has 1 aliphatic heterocycles. The molecule has 1 fully saturated rings. The Morgan fingerprint density at radius 2 is 1.20 bits per heavy atom. The summed E-state index contributed by atoms with van der Waals surface area (Å²) in [5, 5.41) is 3.81. The Kier molecular flexibility index (Phi) is 11.5. The van der Waals surface area contributed by atoms with Crippen LogP contribution in [0.1, 0.15) is 22.1 Å². The standard InChI is InChI=1S/C32H24Cl7N3O3S/c33-20-4-1-17(24(36)9-20)12-43-15-27-28(44-13-18-2-5-21(34)10-25(18)37)29(45-14-19-3-6-22(35)11-26(19)38)32(46-27)42-8-7-23-30(39)40-16-41-31(23)42/h1-11,16,27-29,32H,12-15H2/t27-,28-,29+,32-/m1/s1. The molecule has 240 valence electrons. The van der Waals surface area contributed by atoms with E-state index in [-0.39, 0.29) is 30.4 Å². The molecule has 46 heavy (non-hydrogen) atoms. The molecule has 1 aliphatic rings. The van der Waals surface area contributed by atoms with Gasteiger partial charge in [0, 0.05) is 36.3 Å². The molecular formula is C32H24Cl7N3O3S. The van der Waals surface area contributed by atoms with Gasteiger partial charge in [-0.15, -0.1) is 11.8 Å². The summed E-state index contributed by atoms with van der Waals surface area (Å²) >= 11 is 45.9. The van der Waals surface area contributed by atoms with Gasteiger partial charge in [-0.25, -0.2) is 9.97 Å². The summed E-state index contributed by atoms with van der Waals surface area (Å²) in [5.74, 6) is 0. The Balaban J connectivity index is 1.32. The van der Waals surface area contributed by atoms with Crippen LogP contribution >= 0.6 is 93.0 Å². The molecule has 0 unspecified atom stereocenters. The van der Waals surface area contributed by atoms with Gasteiger partial charge < -0.3 is 18.8 Å². The first-order chi connectivity index (χ1) is 22.2. The van der Waals surface area contributed by atoms with Gasteiger partial charge in [0.05, 0.1) is 37.1 Å². The average Bonchev–Trinajstić information content (AvgIpc) is 3.59. The van der Waals surface area contributed by atoms with E-state index in [4.69, 9.17) is 95.4 Å². The van der Waals surface area contributed by atoms with Crippen molar-refractivity contribution in [2.24, 2.45) is 0 Å². The van der Waals surface area contributed by atoms with Gasteiger partial charge in [-0.05, 0) is 59.2 Å². The van der Waals surface area contributed by atoms with Gasteiger partial charge in [0.2, 0.25) is 0 Å². The third kappa shape index (κ3) is 7.88. The van der Waals surface area contributed by atoms with Crippen molar-refractivity contribution >= 4 is 104 Å². The number of halogens is 7. The van der Waals surface area contributed by atoms with Crippen molar-refractivity contribution in [3.8, 4) is 0 Å². The highest BCUT2D eigenvalue weighted by Crippen LogP contribution is 2.47. The fourth-order valence-electron chi connectivity index (χ4n) is 5.16. The molecular weight excluding hydrogens is 755 g/mol. The van der Waals surface area contributed by atoms with Crippen molar-refractivity contribution in [1.82, 2.24) is 14.5 Å². The lowest BCUT2D eigenvalue weighted by atomic mass is 10.1. The topological polar surface area (TPSA) is 58.4 Å². The van der Waals surface area contributed by atoms with E-state index in [9.17, 15) is 0 Å². The molecule has 1 saturated heterocycles. The zero-order valence-corrected chi connectivity index (χ0v) is 29.8. The molecule has 3 aromatic carbocycles. The van der Waals surface area contributed by atoms with Crippen LogP contribution in [-0.2, 0) is 34.0 Å². The Morgan fingerprint density at radius 3 is 1.76 bits per heavy atom. The largest absolute Gasteiger partial charge is 0.375 e. The molecule has 0 amide bonds. The second-order valence-electron chi connectivity index (χ2n) is 10.5. The lowest BCUT2D eigenvalue weighted by Crippen LogP contribution is -2.38. The maximum absolute atomic E-state index is 6.69. The number of hydrogen-bond acceptors (Lipinski definition) is 6. The predicted molar refractivity (Wildman–Crippen MR) is 189 cm³/mol. The van der Waals surface area contributed by atoms with Gasteiger partial charge in [-0.3, -0.25) is 0 Å². The van der Waals surface area contributed by atoms with E-state index in [1.54, 1.807) is 48.2 Å². The number of rotatable bonds is 11. The molecule has 0 saturated carbocycles. The lowest BCUT2D eigenvalue weighted by molar-refractivity contribution is -0.0913. The van der Waals surface area contributed by atoms with E-state index in [2.05, 4.69) is 9.97 Å². The van der Waals surface area contributed by atoms with Gasteiger partial charge in [0.25, 0.3) is 0 Å². The van der Waals surface area contributed by atoms with Gasteiger partial charge in [0.15, 0.2) is 0 Å². The number of fused-ring (bicyclic) bond motifs is 1. The highest BCUT2D eigenvalue weighted by Gasteiger charge is 2.47. The van der Waals surface area contributed by atoms with Crippen LogP contribution in [0.3, 0.4) is 0 Å². The molecule has 4 atom stereocenters. The van der Waals surface area contributed by atoms with Crippen LogP contribution in [0, 0.1) is 0 Å². The van der Waals surface area contributed by atoms with E-state index >= 15 is 0 Å². The second kappa shape index (κ2) is 15.4. The highest BCUT2D eigenvalue weighted by atomic mass is 35.5. The van der Waals surface area contributed by atoms with E-state index in [0.29, 0.717) is 47.5 Å². The highest BCUT2D eigenvalue weighted by molar-refractivity contribution is 8.00. The first-order valence-corrected chi connectivity index (χ1v) is 17.5. The van der Waals surface area contributed by atoms with Crippen LogP contribution in [0.25, 0.3) is 11.0 Å². The predicted octanol–water partition coefficient (Wildman–Crippen LogP) is 11.0. The first-order valence-electron chi connectivity index (χ1n) is 13.9. The molecule has 3 heterocycles. The summed E-state index contributed by atoms with van der Waals surface area (Å²) in [7, 11) is 0. The van der Waals surface area contributed by atoms with Crippen LogP contribution in [-0.4, -0.2) is 38.6 Å². The van der Waals surface area contributed by atoms with Gasteiger partial charge >= 0.3 is 0 Å². The summed E-state index contributed by atoms with van der Waals surface area (Å²) in [6.07, 6.45) is 2.43. The summed E-state index contributed by atoms with van der Waals surface area (Å²) in [6.45, 7) is 1.04. The summed E-state index contributed by atoms with van der Waals surface area (Å²) in [6, 6.07) is 17.8. The quantitative estimate of drug-likeness (QED) is 0.125. The molecule has 0 aliphatic carbocycles. The van der Waals surface area contributed by atoms with Crippen molar-refractivity contribution in [2.45, 2.75) is 42.7 Å². The first kappa shape index (κ1) is 34.4. The van der Waals surface area contributed by atoms with E-state index in [1.807, 2.05) is 35.0 Å². The molecule has 6 rings (SSSR count). The number of ether oxygens (including phenoxy) is 3. The number of thioether (sulfide) groups is 1. The summed E-state index contributed by atoms with van der Waals surface area (Å²) in [5.41, 5.74) is 3.07. The fraction of sp³-hybridized carbons (Fsp3) is 0.250. The zero-order chi connectivity index (χ0) is 32.4. The third-order valence-corrected chi connectivity index (χ3v) is 11.1. The Morgan fingerprint density at radius 1 is 0.652 bits per heavy atom. The van der Waals surface area contributed by atoms with Crippen LogP contribution in [0.5, 0.6) is 0 Å². The second-order valence-corrected chi connectivity index (χ2v) is 14.7. The van der Waals surface area contributed by atoms with Crippen LogP contribution in [0.2, 0.25) is 35.3 Å². The molecule has 0 radical (unpaired) electrons. The number of aromatic nitrogens is 3. The minimum atomic E-state index is -0.486. The van der Waals surface area contributed by atoms with E-state index in [1.165, 1.54) is 6.33 Å². The van der Waals surface area contributed by atoms with Gasteiger partial charge in [-0.2, -0.15) is 0 Å². The SMILES string of the molecule is Clc1ccc(COC[C@H]2S[C@@H](n3ccc4c(Cl)ncnc43)[C@@H](OCc3ccc(Cl)cc3Cl)[C@@H]2OCc2ccc(Cl)cc2Cl)c(Cl)c1. The minimum absolute atomic E-state index is 0.178. The zero-order valence-electron chi connectivity index (χ0n) is 23.7. The molecule has 5 aromatic rings. The Labute approximate surface area is 305 Å². The van der Waals surface area contributed by atoms with Gasteiger partial charge in [-0.1, -0.05) is 99.4 Å². The van der Waals surface area contributed by atoms with Crippen molar-refractivity contribution in [3.63, 3.8) is 0 Å². The summed E-state index contributed by atoms with van der Waals surface area (Å²) < 4.78 is 21.6. The molecule has 2 aromatic heterocycles. The minimum Gasteiger partial charge on any atom is -0.375 e. The van der Waals surface area contributed by atoms with Crippen molar-refractivity contribution < 1.29 is 14.2 Å². The number of hydrogen-bond donors (Lipinski definition) is 0. The molecule has 14 heteroatoms. The van der Waals surface area contributed by atoms with Crippen LogP contribution in [0.15, 0.2) is 73.2 Å². The molecule has 6 nitrogen and oxygen atoms in total. The molecule has 0 bridgehead atoms. The Hall–Kier alpha value is -1.46. The van der Waals surface area contributed by atoms with E-state index in [0.717, 1.165) is 22.1 Å². The summed E-state index contributed by atoms with van der Waals surface area (Å²) in [4.78, 5) is 8.68. The normalized spacial score (nSPS) is 19.7. The van der Waals surface area contributed by atoms with Crippen LogP contribution in [0.4, 0.5) is 0 Å². The van der Waals surface area contributed by atoms with Crippen molar-refractivity contribution in [1.29, 1.82) is 0 Å².